The van der Waals surface area contributed by atoms with E-state index in [9.17, 15) is 4.39 Å². The Kier molecular flexibility index (Phi) is 4.05. The van der Waals surface area contributed by atoms with Gasteiger partial charge in [0.1, 0.15) is 11.6 Å². The third kappa shape index (κ3) is 2.73. The molecule has 2 aromatic rings. The second-order valence-electron chi connectivity index (χ2n) is 4.88. The Bertz CT molecular complexity index is 567. The number of hydrogen-bond acceptors (Lipinski definition) is 3. The molecule has 0 bridgehead atoms. The van der Waals surface area contributed by atoms with Crippen molar-refractivity contribution in [2.24, 2.45) is 0 Å². The van der Waals surface area contributed by atoms with Gasteiger partial charge in [0, 0.05) is 26.2 Å². The summed E-state index contributed by atoms with van der Waals surface area (Å²) in [5, 5.41) is 3.46. The SMILES string of the molecule is Fc1cc([C@H](c2ccco2)N2CCNCC2)ccc1Cl. The summed E-state index contributed by atoms with van der Waals surface area (Å²) in [5.41, 5.74) is 0.865. The maximum Gasteiger partial charge on any atom is 0.142 e. The molecular formula is C15H16ClFN2O. The van der Waals surface area contributed by atoms with Crippen molar-refractivity contribution in [1.29, 1.82) is 0 Å². The van der Waals surface area contributed by atoms with Crippen molar-refractivity contribution in [3.8, 4) is 0 Å². The van der Waals surface area contributed by atoms with Crippen molar-refractivity contribution >= 4 is 11.6 Å². The first-order valence-electron chi connectivity index (χ1n) is 6.69. The number of nitrogens with one attached hydrogen (secondary N) is 1. The molecule has 1 atom stereocenters. The minimum Gasteiger partial charge on any atom is -0.467 e. The quantitative estimate of drug-likeness (QED) is 0.943. The van der Waals surface area contributed by atoms with Gasteiger partial charge in [-0.2, -0.15) is 0 Å². The van der Waals surface area contributed by atoms with Crippen LogP contribution in [0.5, 0.6) is 0 Å². The largest absolute Gasteiger partial charge is 0.467 e. The van der Waals surface area contributed by atoms with Crippen molar-refractivity contribution < 1.29 is 8.81 Å². The zero-order valence-corrected chi connectivity index (χ0v) is 11.7. The number of nitrogens with zero attached hydrogens (tertiary/aromatic N) is 1. The second kappa shape index (κ2) is 5.95. The highest BCUT2D eigenvalue weighted by Crippen LogP contribution is 2.31. The van der Waals surface area contributed by atoms with Crippen LogP contribution in [0, 0.1) is 5.82 Å². The van der Waals surface area contributed by atoms with Gasteiger partial charge in [0.15, 0.2) is 0 Å². The Morgan fingerprint density at radius 3 is 2.70 bits per heavy atom. The summed E-state index contributed by atoms with van der Waals surface area (Å²) in [7, 11) is 0. The molecule has 1 aliphatic rings. The molecule has 3 rings (SSSR count). The van der Waals surface area contributed by atoms with Crippen LogP contribution >= 0.6 is 11.6 Å². The lowest BCUT2D eigenvalue weighted by molar-refractivity contribution is 0.180. The van der Waals surface area contributed by atoms with E-state index in [0.717, 1.165) is 37.5 Å². The van der Waals surface area contributed by atoms with E-state index in [1.54, 1.807) is 12.3 Å². The van der Waals surface area contributed by atoms with Crippen molar-refractivity contribution in [2.45, 2.75) is 6.04 Å². The van der Waals surface area contributed by atoms with Crippen LogP contribution in [-0.4, -0.2) is 31.1 Å². The van der Waals surface area contributed by atoms with Gasteiger partial charge in [-0.1, -0.05) is 17.7 Å². The fourth-order valence-corrected chi connectivity index (χ4v) is 2.74. The Morgan fingerprint density at radius 1 is 1.25 bits per heavy atom. The minimum atomic E-state index is -0.393. The summed E-state index contributed by atoms with van der Waals surface area (Å²) >= 11 is 5.77. The fourth-order valence-electron chi connectivity index (χ4n) is 2.62. The lowest BCUT2D eigenvalue weighted by atomic mass is 10.0. The Labute approximate surface area is 122 Å². The molecule has 5 heteroatoms. The molecule has 1 aromatic carbocycles. The predicted molar refractivity (Wildman–Crippen MR) is 76.4 cm³/mol. The monoisotopic (exact) mass is 294 g/mol. The van der Waals surface area contributed by atoms with E-state index in [0.29, 0.717) is 0 Å². The molecule has 20 heavy (non-hydrogen) atoms. The molecule has 1 aromatic heterocycles. The van der Waals surface area contributed by atoms with Crippen LogP contribution < -0.4 is 5.32 Å². The molecule has 0 radical (unpaired) electrons. The van der Waals surface area contributed by atoms with Crippen molar-refractivity contribution in [3.63, 3.8) is 0 Å². The maximum absolute atomic E-state index is 13.8. The van der Waals surface area contributed by atoms with Crippen molar-refractivity contribution in [2.75, 3.05) is 26.2 Å². The number of furan rings is 1. The van der Waals surface area contributed by atoms with E-state index >= 15 is 0 Å². The van der Waals surface area contributed by atoms with E-state index in [1.807, 2.05) is 18.2 Å². The molecule has 1 N–H and O–H groups in total. The van der Waals surface area contributed by atoms with Gasteiger partial charge in [0.25, 0.3) is 0 Å². The topological polar surface area (TPSA) is 28.4 Å². The van der Waals surface area contributed by atoms with Gasteiger partial charge in [0.2, 0.25) is 0 Å². The summed E-state index contributed by atoms with van der Waals surface area (Å²) in [5.74, 6) is 0.435. The number of benzene rings is 1. The van der Waals surface area contributed by atoms with Gasteiger partial charge in [-0.25, -0.2) is 4.39 Å². The molecule has 1 fully saturated rings. The highest BCUT2D eigenvalue weighted by atomic mass is 35.5. The van der Waals surface area contributed by atoms with E-state index in [-0.39, 0.29) is 11.1 Å². The molecule has 0 unspecified atom stereocenters. The Hall–Kier alpha value is -1.36. The van der Waals surface area contributed by atoms with Crippen LogP contribution in [0.4, 0.5) is 4.39 Å². The number of hydrogen-bond donors (Lipinski definition) is 1. The molecule has 1 aliphatic heterocycles. The third-order valence-corrected chi connectivity index (χ3v) is 3.90. The summed E-state index contributed by atoms with van der Waals surface area (Å²) in [6.45, 7) is 3.64. The molecule has 0 spiro atoms. The smallest absolute Gasteiger partial charge is 0.142 e. The van der Waals surface area contributed by atoms with E-state index in [2.05, 4.69) is 10.2 Å². The highest BCUT2D eigenvalue weighted by molar-refractivity contribution is 6.30. The second-order valence-corrected chi connectivity index (χ2v) is 5.28. The van der Waals surface area contributed by atoms with E-state index in [1.165, 1.54) is 6.07 Å². The molecule has 106 valence electrons. The summed E-state index contributed by atoms with van der Waals surface area (Å²) in [6, 6.07) is 8.68. The first-order valence-corrected chi connectivity index (χ1v) is 7.06. The molecule has 0 saturated carbocycles. The summed E-state index contributed by atoms with van der Waals surface area (Å²) < 4.78 is 19.3. The van der Waals surface area contributed by atoms with E-state index < -0.39 is 5.82 Å². The molecule has 1 saturated heterocycles. The van der Waals surface area contributed by atoms with Gasteiger partial charge in [-0.3, -0.25) is 4.90 Å². The van der Waals surface area contributed by atoms with Gasteiger partial charge < -0.3 is 9.73 Å². The van der Waals surface area contributed by atoms with Gasteiger partial charge >= 0.3 is 0 Å². The Morgan fingerprint density at radius 2 is 2.05 bits per heavy atom. The maximum atomic E-state index is 13.8. The lowest BCUT2D eigenvalue weighted by Crippen LogP contribution is -2.45. The minimum absolute atomic E-state index is 0.0705. The van der Waals surface area contributed by atoms with Gasteiger partial charge in [-0.15, -0.1) is 0 Å². The number of piperazine rings is 1. The fraction of sp³-hybridized carbons (Fsp3) is 0.333. The van der Waals surface area contributed by atoms with Crippen LogP contribution in [0.1, 0.15) is 17.4 Å². The first kappa shape index (κ1) is 13.6. The molecule has 0 aliphatic carbocycles. The van der Waals surface area contributed by atoms with Gasteiger partial charge in [-0.05, 0) is 29.8 Å². The molecular weight excluding hydrogens is 279 g/mol. The number of halogens is 2. The van der Waals surface area contributed by atoms with Crippen LogP contribution in [-0.2, 0) is 0 Å². The highest BCUT2D eigenvalue weighted by Gasteiger charge is 2.26. The number of rotatable bonds is 3. The standard InChI is InChI=1S/C15H16ClFN2O/c16-12-4-3-11(10-13(12)17)15(14-2-1-9-20-14)19-7-5-18-6-8-19/h1-4,9-10,15,18H,5-8H2/t15-/m1/s1. The lowest BCUT2D eigenvalue weighted by Gasteiger charge is -2.34. The van der Waals surface area contributed by atoms with Crippen molar-refractivity contribution in [3.05, 3.63) is 58.8 Å². The molecule has 0 amide bonds. The van der Waals surface area contributed by atoms with Gasteiger partial charge in [0.05, 0.1) is 17.3 Å². The zero-order chi connectivity index (χ0) is 13.9. The van der Waals surface area contributed by atoms with Crippen LogP contribution in [0.2, 0.25) is 5.02 Å². The average Bonchev–Trinajstić information content (AvgIpc) is 2.98. The Balaban J connectivity index is 1.98. The average molecular weight is 295 g/mol. The zero-order valence-electron chi connectivity index (χ0n) is 11.0. The summed E-state index contributed by atoms with van der Waals surface area (Å²) in [6.07, 6.45) is 1.65. The molecule has 3 nitrogen and oxygen atoms in total. The van der Waals surface area contributed by atoms with Crippen molar-refractivity contribution in [1.82, 2.24) is 10.2 Å². The van der Waals surface area contributed by atoms with Crippen LogP contribution in [0.15, 0.2) is 41.0 Å². The van der Waals surface area contributed by atoms with Crippen LogP contribution in [0.25, 0.3) is 0 Å². The third-order valence-electron chi connectivity index (χ3n) is 3.59. The summed E-state index contributed by atoms with van der Waals surface area (Å²) in [4.78, 5) is 2.29. The first-order chi connectivity index (χ1) is 9.75. The van der Waals surface area contributed by atoms with E-state index in [4.69, 9.17) is 16.0 Å². The normalized spacial score (nSPS) is 18.1. The predicted octanol–water partition coefficient (Wildman–Crippen LogP) is 3.07. The molecule has 2 heterocycles. The van der Waals surface area contributed by atoms with Crippen LogP contribution in [0.3, 0.4) is 0 Å².